The number of nitrogens with two attached hydrogens (primary N) is 1. The standard InChI is InChI=1S/C18H31N3/c1-2-18(16-19)21-14-12-20(13-15-21)11-7-6-10-17-8-4-3-5-9-17/h3-5,8-9,18H,2,6-7,10-16,19H2,1H3. The van der Waals surface area contributed by atoms with Crippen molar-refractivity contribution in [2.45, 2.75) is 38.6 Å². The highest BCUT2D eigenvalue weighted by molar-refractivity contribution is 5.14. The maximum Gasteiger partial charge on any atom is 0.0216 e. The van der Waals surface area contributed by atoms with Crippen molar-refractivity contribution in [1.29, 1.82) is 0 Å². The zero-order chi connectivity index (χ0) is 14.9. The number of benzene rings is 1. The fourth-order valence-corrected chi connectivity index (χ4v) is 3.24. The molecule has 1 aromatic rings. The van der Waals surface area contributed by atoms with Gasteiger partial charge in [-0.05, 0) is 37.8 Å². The Morgan fingerprint density at radius 2 is 1.76 bits per heavy atom. The van der Waals surface area contributed by atoms with E-state index in [9.17, 15) is 0 Å². The molecule has 1 unspecified atom stereocenters. The molecular formula is C18H31N3. The van der Waals surface area contributed by atoms with E-state index in [1.807, 2.05) is 0 Å². The summed E-state index contributed by atoms with van der Waals surface area (Å²) in [5, 5.41) is 0. The Morgan fingerprint density at radius 1 is 1.05 bits per heavy atom. The molecule has 2 rings (SSSR count). The van der Waals surface area contributed by atoms with Crippen LogP contribution in [0.2, 0.25) is 0 Å². The lowest BCUT2D eigenvalue weighted by Gasteiger charge is -2.38. The highest BCUT2D eigenvalue weighted by Gasteiger charge is 2.21. The smallest absolute Gasteiger partial charge is 0.0216 e. The summed E-state index contributed by atoms with van der Waals surface area (Å²) in [6, 6.07) is 11.4. The first-order chi connectivity index (χ1) is 10.3. The van der Waals surface area contributed by atoms with E-state index in [2.05, 4.69) is 47.1 Å². The first-order valence-electron chi connectivity index (χ1n) is 8.54. The van der Waals surface area contributed by atoms with E-state index in [0.29, 0.717) is 6.04 Å². The Morgan fingerprint density at radius 3 is 2.38 bits per heavy atom. The minimum atomic E-state index is 0.588. The average molecular weight is 289 g/mol. The van der Waals surface area contributed by atoms with Crippen LogP contribution >= 0.6 is 0 Å². The van der Waals surface area contributed by atoms with Gasteiger partial charge in [0.05, 0.1) is 0 Å². The van der Waals surface area contributed by atoms with E-state index in [4.69, 9.17) is 5.73 Å². The summed E-state index contributed by atoms with van der Waals surface area (Å²) < 4.78 is 0. The summed E-state index contributed by atoms with van der Waals surface area (Å²) in [5.41, 5.74) is 7.32. The predicted molar refractivity (Wildman–Crippen MR) is 90.5 cm³/mol. The molecule has 1 fully saturated rings. The summed E-state index contributed by atoms with van der Waals surface area (Å²) in [6.07, 6.45) is 4.99. The van der Waals surface area contributed by atoms with Gasteiger partial charge in [-0.2, -0.15) is 0 Å². The lowest BCUT2D eigenvalue weighted by Crippen LogP contribution is -2.52. The van der Waals surface area contributed by atoms with Crippen molar-refractivity contribution in [2.75, 3.05) is 39.3 Å². The number of hydrogen-bond donors (Lipinski definition) is 1. The van der Waals surface area contributed by atoms with Gasteiger partial charge in [-0.15, -0.1) is 0 Å². The van der Waals surface area contributed by atoms with Gasteiger partial charge in [0.15, 0.2) is 0 Å². The SMILES string of the molecule is CCC(CN)N1CCN(CCCCc2ccccc2)CC1. The Hall–Kier alpha value is -0.900. The molecule has 1 aliphatic heterocycles. The number of piperazine rings is 1. The van der Waals surface area contributed by atoms with E-state index in [0.717, 1.165) is 6.54 Å². The zero-order valence-corrected chi connectivity index (χ0v) is 13.5. The van der Waals surface area contributed by atoms with E-state index in [1.165, 1.54) is 64.0 Å². The molecule has 1 heterocycles. The van der Waals surface area contributed by atoms with Crippen LogP contribution in [0.25, 0.3) is 0 Å². The second-order valence-corrected chi connectivity index (χ2v) is 6.12. The molecule has 1 aliphatic rings. The first-order valence-corrected chi connectivity index (χ1v) is 8.54. The lowest BCUT2D eigenvalue weighted by atomic mass is 10.1. The van der Waals surface area contributed by atoms with Crippen LogP contribution in [0.4, 0.5) is 0 Å². The van der Waals surface area contributed by atoms with Crippen molar-refractivity contribution in [1.82, 2.24) is 9.80 Å². The molecule has 0 spiro atoms. The van der Waals surface area contributed by atoms with Gasteiger partial charge in [0.2, 0.25) is 0 Å². The van der Waals surface area contributed by atoms with Gasteiger partial charge < -0.3 is 10.6 Å². The highest BCUT2D eigenvalue weighted by atomic mass is 15.3. The molecule has 2 N–H and O–H groups in total. The first kappa shape index (κ1) is 16.5. The van der Waals surface area contributed by atoms with Gasteiger partial charge >= 0.3 is 0 Å². The van der Waals surface area contributed by atoms with Gasteiger partial charge in [0.25, 0.3) is 0 Å². The highest BCUT2D eigenvalue weighted by Crippen LogP contribution is 2.10. The third-order valence-corrected chi connectivity index (χ3v) is 4.70. The van der Waals surface area contributed by atoms with Crippen molar-refractivity contribution >= 4 is 0 Å². The maximum atomic E-state index is 5.85. The fraction of sp³-hybridized carbons (Fsp3) is 0.667. The molecule has 1 aromatic carbocycles. The maximum absolute atomic E-state index is 5.85. The van der Waals surface area contributed by atoms with Crippen molar-refractivity contribution in [3.8, 4) is 0 Å². The van der Waals surface area contributed by atoms with Crippen LogP contribution in [0.3, 0.4) is 0 Å². The average Bonchev–Trinajstić information content (AvgIpc) is 2.55. The second-order valence-electron chi connectivity index (χ2n) is 6.12. The third-order valence-electron chi connectivity index (χ3n) is 4.70. The molecule has 1 atom stereocenters. The van der Waals surface area contributed by atoms with Crippen molar-refractivity contribution in [2.24, 2.45) is 5.73 Å². The number of nitrogens with zero attached hydrogens (tertiary/aromatic N) is 2. The summed E-state index contributed by atoms with van der Waals surface area (Å²) in [6.45, 7) is 9.09. The number of hydrogen-bond acceptors (Lipinski definition) is 3. The molecule has 3 nitrogen and oxygen atoms in total. The number of unbranched alkanes of at least 4 members (excludes halogenated alkanes) is 1. The minimum absolute atomic E-state index is 0.588. The topological polar surface area (TPSA) is 32.5 Å². The van der Waals surface area contributed by atoms with E-state index in [-0.39, 0.29) is 0 Å². The molecule has 0 amide bonds. The molecule has 3 heteroatoms. The number of aryl methyl sites for hydroxylation is 1. The summed E-state index contributed by atoms with van der Waals surface area (Å²) in [4.78, 5) is 5.19. The third kappa shape index (κ3) is 5.42. The van der Waals surface area contributed by atoms with E-state index >= 15 is 0 Å². The molecular weight excluding hydrogens is 258 g/mol. The van der Waals surface area contributed by atoms with Crippen LogP contribution in [-0.2, 0) is 6.42 Å². The van der Waals surface area contributed by atoms with Crippen LogP contribution in [0.5, 0.6) is 0 Å². The summed E-state index contributed by atoms with van der Waals surface area (Å²) >= 11 is 0. The predicted octanol–water partition coefficient (Wildman–Crippen LogP) is 2.36. The second kappa shape index (κ2) is 9.19. The van der Waals surface area contributed by atoms with Gasteiger partial charge in [0, 0.05) is 38.8 Å². The zero-order valence-electron chi connectivity index (χ0n) is 13.5. The van der Waals surface area contributed by atoms with Crippen molar-refractivity contribution in [3.63, 3.8) is 0 Å². The fourth-order valence-electron chi connectivity index (χ4n) is 3.24. The molecule has 1 saturated heterocycles. The van der Waals surface area contributed by atoms with Crippen molar-refractivity contribution < 1.29 is 0 Å². The molecule has 0 aromatic heterocycles. The molecule has 118 valence electrons. The van der Waals surface area contributed by atoms with E-state index in [1.54, 1.807) is 0 Å². The summed E-state index contributed by atoms with van der Waals surface area (Å²) in [7, 11) is 0. The van der Waals surface area contributed by atoms with Crippen LogP contribution < -0.4 is 5.73 Å². The molecule has 0 saturated carbocycles. The van der Waals surface area contributed by atoms with E-state index < -0.39 is 0 Å². The van der Waals surface area contributed by atoms with Crippen LogP contribution in [-0.4, -0.2) is 55.1 Å². The molecule has 0 bridgehead atoms. The largest absolute Gasteiger partial charge is 0.329 e. The minimum Gasteiger partial charge on any atom is -0.329 e. The van der Waals surface area contributed by atoms with Crippen molar-refractivity contribution in [3.05, 3.63) is 35.9 Å². The quantitative estimate of drug-likeness (QED) is 0.746. The molecule has 0 radical (unpaired) electrons. The van der Waals surface area contributed by atoms with Crippen LogP contribution in [0.15, 0.2) is 30.3 Å². The van der Waals surface area contributed by atoms with Gasteiger partial charge in [0.1, 0.15) is 0 Å². The lowest BCUT2D eigenvalue weighted by molar-refractivity contribution is 0.0958. The Bertz CT molecular complexity index is 367. The Kier molecular flexibility index (Phi) is 7.20. The molecule has 0 aliphatic carbocycles. The monoisotopic (exact) mass is 289 g/mol. The van der Waals surface area contributed by atoms with Gasteiger partial charge in [-0.25, -0.2) is 0 Å². The van der Waals surface area contributed by atoms with Crippen LogP contribution in [0, 0.1) is 0 Å². The van der Waals surface area contributed by atoms with Crippen LogP contribution in [0.1, 0.15) is 31.7 Å². The van der Waals surface area contributed by atoms with Gasteiger partial charge in [-0.1, -0.05) is 37.3 Å². The Balaban J connectivity index is 1.59. The molecule has 21 heavy (non-hydrogen) atoms. The number of rotatable bonds is 8. The summed E-state index contributed by atoms with van der Waals surface area (Å²) in [5.74, 6) is 0. The van der Waals surface area contributed by atoms with Gasteiger partial charge in [-0.3, -0.25) is 4.90 Å². The Labute approximate surface area is 130 Å². The normalized spacial score (nSPS) is 18.8.